The van der Waals surface area contributed by atoms with Gasteiger partial charge in [-0.25, -0.2) is 18.7 Å². The molecule has 0 aliphatic heterocycles. The molecule has 0 atom stereocenters. The number of aryl methyl sites for hydroxylation is 1. The van der Waals surface area contributed by atoms with E-state index in [-0.39, 0.29) is 5.56 Å². The van der Waals surface area contributed by atoms with Gasteiger partial charge >= 0.3 is 0 Å². The summed E-state index contributed by atoms with van der Waals surface area (Å²) in [6.07, 6.45) is 3.17. The number of hydrogen-bond donors (Lipinski definition) is 1. The summed E-state index contributed by atoms with van der Waals surface area (Å²) in [5.74, 6) is 4.60. The highest BCUT2D eigenvalue weighted by Gasteiger charge is 2.12. The maximum Gasteiger partial charge on any atom is 0.258 e. The Morgan fingerprint density at radius 3 is 2.31 bits per heavy atom. The van der Waals surface area contributed by atoms with Gasteiger partial charge in [-0.1, -0.05) is 11.8 Å². The van der Waals surface area contributed by atoms with E-state index in [1.165, 1.54) is 42.5 Å². The predicted molar refractivity (Wildman–Crippen MR) is 93.5 cm³/mol. The van der Waals surface area contributed by atoms with Crippen LogP contribution in [0.5, 0.6) is 0 Å². The largest absolute Gasteiger partial charge is 0.322 e. The van der Waals surface area contributed by atoms with Crippen LogP contribution in [0.3, 0.4) is 0 Å². The highest BCUT2D eigenvalue weighted by atomic mass is 19.1. The lowest BCUT2D eigenvalue weighted by molar-refractivity contribution is 0.102. The van der Waals surface area contributed by atoms with E-state index < -0.39 is 17.5 Å². The summed E-state index contributed by atoms with van der Waals surface area (Å²) in [4.78, 5) is 20.4. The van der Waals surface area contributed by atoms with Gasteiger partial charge in [0.25, 0.3) is 5.91 Å². The summed E-state index contributed by atoms with van der Waals surface area (Å²) >= 11 is 0. The number of nitrogens with zero attached hydrogens (tertiary/aromatic N) is 2. The monoisotopic (exact) mass is 349 g/mol. The van der Waals surface area contributed by atoms with E-state index in [1.807, 2.05) is 0 Å². The number of rotatable bonds is 2. The average Bonchev–Trinajstić information content (AvgIpc) is 2.64. The molecule has 0 bridgehead atoms. The number of anilines is 1. The van der Waals surface area contributed by atoms with Crippen LogP contribution in [0.1, 0.15) is 27.3 Å². The maximum absolute atomic E-state index is 14.0. The van der Waals surface area contributed by atoms with Crippen molar-refractivity contribution in [3.63, 3.8) is 0 Å². The normalized spacial score (nSPS) is 9.96. The van der Waals surface area contributed by atoms with Crippen LogP contribution in [-0.2, 0) is 0 Å². The number of halogens is 2. The molecular formula is C20H13F2N3O. The molecule has 26 heavy (non-hydrogen) atoms. The van der Waals surface area contributed by atoms with Crippen LogP contribution in [0.4, 0.5) is 14.5 Å². The summed E-state index contributed by atoms with van der Waals surface area (Å²) in [5.41, 5.74) is 1.29. The van der Waals surface area contributed by atoms with Gasteiger partial charge in [0.2, 0.25) is 0 Å². The van der Waals surface area contributed by atoms with E-state index in [4.69, 9.17) is 0 Å². The molecule has 3 aromatic rings. The molecule has 1 heterocycles. The first-order chi connectivity index (χ1) is 12.5. The Kier molecular flexibility index (Phi) is 4.99. The van der Waals surface area contributed by atoms with Crippen LogP contribution in [-0.4, -0.2) is 15.9 Å². The second-order valence-electron chi connectivity index (χ2n) is 5.42. The Morgan fingerprint density at radius 1 is 0.962 bits per heavy atom. The lowest BCUT2D eigenvalue weighted by Crippen LogP contribution is -2.14. The quantitative estimate of drug-likeness (QED) is 0.718. The molecule has 0 saturated heterocycles. The van der Waals surface area contributed by atoms with Gasteiger partial charge in [-0.05, 0) is 49.4 Å². The van der Waals surface area contributed by atoms with Crippen molar-refractivity contribution in [1.82, 2.24) is 9.97 Å². The van der Waals surface area contributed by atoms with Crippen LogP contribution in [0.15, 0.2) is 54.9 Å². The summed E-state index contributed by atoms with van der Waals surface area (Å²) < 4.78 is 26.9. The molecule has 0 aliphatic carbocycles. The van der Waals surface area contributed by atoms with Crippen molar-refractivity contribution < 1.29 is 13.6 Å². The van der Waals surface area contributed by atoms with E-state index >= 15 is 0 Å². The number of nitrogens with one attached hydrogen (secondary N) is 1. The Morgan fingerprint density at radius 2 is 1.62 bits per heavy atom. The minimum absolute atomic E-state index is 0.152. The van der Waals surface area contributed by atoms with Gasteiger partial charge in [0.05, 0.1) is 11.1 Å². The van der Waals surface area contributed by atoms with E-state index in [1.54, 1.807) is 19.3 Å². The van der Waals surface area contributed by atoms with Crippen LogP contribution in [0.2, 0.25) is 0 Å². The minimum atomic E-state index is -0.672. The molecule has 1 aromatic heterocycles. The first-order valence-corrected chi connectivity index (χ1v) is 7.68. The summed E-state index contributed by atoms with van der Waals surface area (Å²) in [7, 11) is 0. The van der Waals surface area contributed by atoms with Crippen LogP contribution in [0.25, 0.3) is 0 Å². The van der Waals surface area contributed by atoms with Gasteiger partial charge in [-0.2, -0.15) is 0 Å². The van der Waals surface area contributed by atoms with Crippen molar-refractivity contribution in [2.45, 2.75) is 6.92 Å². The predicted octanol–water partition coefficient (Wildman–Crippen LogP) is 3.72. The maximum atomic E-state index is 14.0. The number of amides is 1. The van der Waals surface area contributed by atoms with Gasteiger partial charge < -0.3 is 5.32 Å². The SMILES string of the molecule is Cc1ncc(C#Cc2ccc(F)c(C(=O)Nc3ccc(F)cc3)c2)cn1. The third-order valence-corrected chi connectivity index (χ3v) is 3.45. The van der Waals surface area contributed by atoms with Crippen molar-refractivity contribution in [1.29, 1.82) is 0 Å². The Balaban J connectivity index is 1.82. The molecule has 6 heteroatoms. The molecule has 128 valence electrons. The molecule has 0 unspecified atom stereocenters. The third kappa shape index (κ3) is 4.28. The summed E-state index contributed by atoms with van der Waals surface area (Å²) in [6.45, 7) is 1.77. The minimum Gasteiger partial charge on any atom is -0.322 e. The molecule has 0 spiro atoms. The molecule has 1 N–H and O–H groups in total. The van der Waals surface area contributed by atoms with Crippen molar-refractivity contribution in [2.24, 2.45) is 0 Å². The van der Waals surface area contributed by atoms with Gasteiger partial charge in [0, 0.05) is 23.6 Å². The Labute approximate surface area is 148 Å². The van der Waals surface area contributed by atoms with E-state index in [9.17, 15) is 13.6 Å². The molecule has 0 radical (unpaired) electrons. The van der Waals surface area contributed by atoms with Crippen LogP contribution in [0, 0.1) is 30.4 Å². The zero-order chi connectivity index (χ0) is 18.5. The second-order valence-corrected chi connectivity index (χ2v) is 5.42. The van der Waals surface area contributed by atoms with E-state index in [0.717, 1.165) is 0 Å². The number of carbonyl (C=O) groups is 1. The van der Waals surface area contributed by atoms with Crippen LogP contribution >= 0.6 is 0 Å². The fraction of sp³-hybridized carbons (Fsp3) is 0.0500. The Bertz CT molecular complexity index is 1000. The van der Waals surface area contributed by atoms with Crippen molar-refractivity contribution >= 4 is 11.6 Å². The third-order valence-electron chi connectivity index (χ3n) is 3.45. The topological polar surface area (TPSA) is 54.9 Å². The second kappa shape index (κ2) is 7.53. The molecule has 2 aromatic carbocycles. The lowest BCUT2D eigenvalue weighted by Gasteiger charge is -2.06. The fourth-order valence-corrected chi connectivity index (χ4v) is 2.11. The molecule has 0 saturated carbocycles. The van der Waals surface area contributed by atoms with Gasteiger partial charge in [-0.15, -0.1) is 0 Å². The average molecular weight is 349 g/mol. The molecule has 0 aliphatic rings. The number of benzene rings is 2. The summed E-state index contributed by atoms with van der Waals surface area (Å²) in [6, 6.07) is 9.21. The first-order valence-electron chi connectivity index (χ1n) is 7.68. The molecule has 1 amide bonds. The molecule has 3 rings (SSSR count). The smallest absolute Gasteiger partial charge is 0.258 e. The highest BCUT2D eigenvalue weighted by Crippen LogP contribution is 2.14. The number of aromatic nitrogens is 2. The van der Waals surface area contributed by atoms with Gasteiger partial charge in [0.1, 0.15) is 17.5 Å². The van der Waals surface area contributed by atoms with Crippen molar-refractivity contribution in [2.75, 3.05) is 5.32 Å². The van der Waals surface area contributed by atoms with Gasteiger partial charge in [0.15, 0.2) is 0 Å². The standard InChI is InChI=1S/C20H13F2N3O/c1-13-23-11-15(12-24-13)3-2-14-4-9-19(22)18(10-14)20(26)25-17-7-5-16(21)6-8-17/h4-12H,1H3,(H,25,26). The highest BCUT2D eigenvalue weighted by molar-refractivity contribution is 6.04. The molecule has 0 fully saturated rings. The fourth-order valence-electron chi connectivity index (χ4n) is 2.11. The van der Waals surface area contributed by atoms with E-state index in [2.05, 4.69) is 27.1 Å². The molecule has 4 nitrogen and oxygen atoms in total. The van der Waals surface area contributed by atoms with E-state index in [0.29, 0.717) is 22.6 Å². The number of hydrogen-bond acceptors (Lipinski definition) is 3. The summed E-state index contributed by atoms with van der Waals surface area (Å²) in [5, 5.41) is 2.52. The van der Waals surface area contributed by atoms with Gasteiger partial charge in [-0.3, -0.25) is 4.79 Å². The van der Waals surface area contributed by atoms with Crippen molar-refractivity contribution in [3.8, 4) is 11.8 Å². The van der Waals surface area contributed by atoms with Crippen molar-refractivity contribution in [3.05, 3.63) is 89.0 Å². The first kappa shape index (κ1) is 17.2. The van der Waals surface area contributed by atoms with Crippen LogP contribution < -0.4 is 5.32 Å². The Hall–Kier alpha value is -3.59. The zero-order valence-corrected chi connectivity index (χ0v) is 13.8. The molecular weight excluding hydrogens is 336 g/mol. The zero-order valence-electron chi connectivity index (χ0n) is 13.8. The number of carbonyl (C=O) groups excluding carboxylic acids is 1. The lowest BCUT2D eigenvalue weighted by atomic mass is 10.1.